The Morgan fingerprint density at radius 3 is 2.69 bits per heavy atom. The molecule has 2 nitrogen and oxygen atoms in total. The van der Waals surface area contributed by atoms with Crippen molar-refractivity contribution >= 4 is 6.29 Å². The summed E-state index contributed by atoms with van der Waals surface area (Å²) in [6.07, 6.45) is 0.559. The van der Waals surface area contributed by atoms with Gasteiger partial charge in [-0.25, -0.2) is 4.39 Å². The Morgan fingerprint density at radius 2 is 2.15 bits per heavy atom. The number of hydrogen-bond acceptors (Lipinski definition) is 2. The quantitative estimate of drug-likeness (QED) is 0.671. The molecule has 0 saturated heterocycles. The number of aldehydes is 1. The average Bonchev–Trinajstić information content (AvgIpc) is 2.08. The SMILES string of the molecule is CC(C)Oc1cc(C=O)ccc1F. The highest BCUT2D eigenvalue weighted by Crippen LogP contribution is 2.19. The molecule has 1 rings (SSSR count). The maximum atomic E-state index is 13.0. The van der Waals surface area contributed by atoms with Gasteiger partial charge in [0.1, 0.15) is 6.29 Å². The highest BCUT2D eigenvalue weighted by atomic mass is 19.1. The van der Waals surface area contributed by atoms with Crippen molar-refractivity contribution in [2.75, 3.05) is 0 Å². The molecule has 0 fully saturated rings. The molecule has 1 aromatic carbocycles. The van der Waals surface area contributed by atoms with Crippen LogP contribution in [0.2, 0.25) is 0 Å². The number of ether oxygens (including phenoxy) is 1. The van der Waals surface area contributed by atoms with E-state index in [-0.39, 0.29) is 11.9 Å². The van der Waals surface area contributed by atoms with Crippen molar-refractivity contribution in [2.24, 2.45) is 0 Å². The zero-order valence-corrected chi connectivity index (χ0v) is 7.58. The molecule has 0 bridgehead atoms. The van der Waals surface area contributed by atoms with Gasteiger partial charge in [0, 0.05) is 5.56 Å². The largest absolute Gasteiger partial charge is 0.488 e. The molecule has 0 atom stereocenters. The fraction of sp³-hybridized carbons (Fsp3) is 0.300. The molecule has 0 unspecified atom stereocenters. The molecule has 0 aliphatic rings. The maximum absolute atomic E-state index is 13.0. The molecule has 13 heavy (non-hydrogen) atoms. The Hall–Kier alpha value is -1.38. The summed E-state index contributed by atoms with van der Waals surface area (Å²) >= 11 is 0. The van der Waals surface area contributed by atoms with Crippen LogP contribution in [0, 0.1) is 5.82 Å². The third-order valence-electron chi connectivity index (χ3n) is 1.45. The zero-order chi connectivity index (χ0) is 9.84. The molecule has 0 spiro atoms. The molecule has 3 heteroatoms. The van der Waals surface area contributed by atoms with Gasteiger partial charge in [0.15, 0.2) is 11.6 Å². The van der Waals surface area contributed by atoms with Crippen molar-refractivity contribution in [1.82, 2.24) is 0 Å². The second-order valence-corrected chi connectivity index (χ2v) is 2.97. The Kier molecular flexibility index (Phi) is 3.01. The van der Waals surface area contributed by atoms with E-state index in [0.717, 1.165) is 0 Å². The van der Waals surface area contributed by atoms with E-state index < -0.39 is 5.82 Å². The molecule has 0 N–H and O–H groups in total. The molecule has 0 saturated carbocycles. The van der Waals surface area contributed by atoms with Crippen LogP contribution in [0.1, 0.15) is 24.2 Å². The fourth-order valence-electron chi connectivity index (χ4n) is 0.938. The van der Waals surface area contributed by atoms with Crippen LogP contribution in [0.4, 0.5) is 4.39 Å². The monoisotopic (exact) mass is 182 g/mol. The minimum Gasteiger partial charge on any atom is -0.488 e. The van der Waals surface area contributed by atoms with Crippen LogP contribution in [0.5, 0.6) is 5.75 Å². The predicted octanol–water partition coefficient (Wildman–Crippen LogP) is 2.43. The van der Waals surface area contributed by atoms with Crippen molar-refractivity contribution in [2.45, 2.75) is 20.0 Å². The van der Waals surface area contributed by atoms with Gasteiger partial charge in [-0.1, -0.05) is 0 Å². The van der Waals surface area contributed by atoms with E-state index in [1.807, 2.05) is 0 Å². The molecule has 0 radical (unpaired) electrons. The lowest BCUT2D eigenvalue weighted by atomic mass is 10.2. The van der Waals surface area contributed by atoms with Gasteiger partial charge in [-0.2, -0.15) is 0 Å². The Balaban J connectivity index is 2.96. The van der Waals surface area contributed by atoms with Gasteiger partial charge in [0.05, 0.1) is 6.10 Å². The number of benzene rings is 1. The molecule has 0 aliphatic heterocycles. The highest BCUT2D eigenvalue weighted by Gasteiger charge is 2.05. The van der Waals surface area contributed by atoms with Gasteiger partial charge in [-0.3, -0.25) is 4.79 Å². The third-order valence-corrected chi connectivity index (χ3v) is 1.45. The Labute approximate surface area is 76.3 Å². The number of carbonyl (C=O) groups excluding carboxylic acids is 1. The number of rotatable bonds is 3. The molecule has 0 aliphatic carbocycles. The summed E-state index contributed by atoms with van der Waals surface area (Å²) in [6.45, 7) is 3.60. The third kappa shape index (κ3) is 2.54. The van der Waals surface area contributed by atoms with E-state index in [2.05, 4.69) is 0 Å². The molecule has 1 aromatic rings. The summed E-state index contributed by atoms with van der Waals surface area (Å²) < 4.78 is 18.2. The van der Waals surface area contributed by atoms with Crippen molar-refractivity contribution in [3.05, 3.63) is 29.6 Å². The zero-order valence-electron chi connectivity index (χ0n) is 7.58. The minimum absolute atomic E-state index is 0.101. The van der Waals surface area contributed by atoms with Gasteiger partial charge < -0.3 is 4.74 Å². The first-order valence-electron chi connectivity index (χ1n) is 4.05. The van der Waals surface area contributed by atoms with Crippen LogP contribution in [-0.4, -0.2) is 12.4 Å². The smallest absolute Gasteiger partial charge is 0.165 e. The molecular formula is C10H11FO2. The van der Waals surface area contributed by atoms with E-state index in [4.69, 9.17) is 4.74 Å². The van der Waals surface area contributed by atoms with E-state index in [1.165, 1.54) is 18.2 Å². The fourth-order valence-corrected chi connectivity index (χ4v) is 0.938. The summed E-state index contributed by atoms with van der Waals surface area (Å²) in [7, 11) is 0. The lowest BCUT2D eigenvalue weighted by molar-refractivity contribution is 0.112. The van der Waals surface area contributed by atoms with Crippen molar-refractivity contribution < 1.29 is 13.9 Å². The van der Waals surface area contributed by atoms with Crippen LogP contribution in [0.25, 0.3) is 0 Å². The molecule has 0 aromatic heterocycles. The first-order valence-corrected chi connectivity index (χ1v) is 4.05. The predicted molar refractivity (Wildman–Crippen MR) is 47.6 cm³/mol. The van der Waals surface area contributed by atoms with Crippen molar-refractivity contribution in [1.29, 1.82) is 0 Å². The molecule has 0 heterocycles. The summed E-state index contributed by atoms with van der Waals surface area (Å²) in [5.74, 6) is -0.320. The summed E-state index contributed by atoms with van der Waals surface area (Å²) in [6, 6.07) is 4.03. The van der Waals surface area contributed by atoms with Gasteiger partial charge in [0.2, 0.25) is 0 Å². The van der Waals surface area contributed by atoms with Crippen molar-refractivity contribution in [3.8, 4) is 5.75 Å². The van der Waals surface area contributed by atoms with Crippen LogP contribution < -0.4 is 4.74 Å². The number of hydrogen-bond donors (Lipinski definition) is 0. The lowest BCUT2D eigenvalue weighted by Crippen LogP contribution is -2.07. The van der Waals surface area contributed by atoms with Gasteiger partial charge in [0.25, 0.3) is 0 Å². The standard InChI is InChI=1S/C10H11FO2/c1-7(2)13-10-5-8(6-12)3-4-9(10)11/h3-7H,1-2H3. The first-order chi connectivity index (χ1) is 6.13. The first kappa shape index (κ1) is 9.71. The van der Waals surface area contributed by atoms with Gasteiger partial charge in [-0.05, 0) is 32.0 Å². The molecule has 70 valence electrons. The summed E-state index contributed by atoms with van der Waals surface area (Å²) in [4.78, 5) is 10.4. The average molecular weight is 182 g/mol. The van der Waals surface area contributed by atoms with E-state index in [1.54, 1.807) is 13.8 Å². The van der Waals surface area contributed by atoms with Crippen LogP contribution >= 0.6 is 0 Å². The summed E-state index contributed by atoms with van der Waals surface area (Å²) in [5.41, 5.74) is 0.414. The summed E-state index contributed by atoms with van der Waals surface area (Å²) in [5, 5.41) is 0. The number of carbonyl (C=O) groups is 1. The lowest BCUT2D eigenvalue weighted by Gasteiger charge is -2.10. The van der Waals surface area contributed by atoms with E-state index in [9.17, 15) is 9.18 Å². The number of halogens is 1. The van der Waals surface area contributed by atoms with Gasteiger partial charge in [-0.15, -0.1) is 0 Å². The second-order valence-electron chi connectivity index (χ2n) is 2.97. The maximum Gasteiger partial charge on any atom is 0.165 e. The second kappa shape index (κ2) is 4.03. The Bertz CT molecular complexity index is 308. The van der Waals surface area contributed by atoms with Gasteiger partial charge >= 0.3 is 0 Å². The van der Waals surface area contributed by atoms with E-state index >= 15 is 0 Å². The topological polar surface area (TPSA) is 26.3 Å². The highest BCUT2D eigenvalue weighted by molar-refractivity contribution is 5.75. The van der Waals surface area contributed by atoms with Crippen LogP contribution in [0.3, 0.4) is 0 Å². The normalized spacial score (nSPS) is 10.2. The molecular weight excluding hydrogens is 171 g/mol. The molecule has 0 amide bonds. The Morgan fingerprint density at radius 1 is 1.46 bits per heavy atom. The minimum atomic E-state index is -0.445. The van der Waals surface area contributed by atoms with Crippen LogP contribution in [-0.2, 0) is 0 Å². The van der Waals surface area contributed by atoms with Crippen LogP contribution in [0.15, 0.2) is 18.2 Å². The van der Waals surface area contributed by atoms with Crippen molar-refractivity contribution in [3.63, 3.8) is 0 Å². The van der Waals surface area contributed by atoms with E-state index in [0.29, 0.717) is 11.8 Å².